The van der Waals surface area contributed by atoms with Crippen LogP contribution in [-0.2, 0) is 4.74 Å². The number of methoxy groups -OCH3 is 1. The highest BCUT2D eigenvalue weighted by Crippen LogP contribution is 2.48. The van der Waals surface area contributed by atoms with Crippen LogP contribution >= 0.6 is 11.8 Å². The van der Waals surface area contributed by atoms with Gasteiger partial charge in [0.05, 0.1) is 11.4 Å². The van der Waals surface area contributed by atoms with Gasteiger partial charge in [-0.2, -0.15) is 0 Å². The fourth-order valence-electron chi connectivity index (χ4n) is 4.30. The number of fused-ring (bicyclic) bond motifs is 2. The second-order valence-corrected chi connectivity index (χ2v) is 9.16. The van der Waals surface area contributed by atoms with E-state index in [1.165, 1.54) is 72.4 Å². The minimum atomic E-state index is 0.872. The van der Waals surface area contributed by atoms with Crippen LogP contribution in [0.2, 0.25) is 0 Å². The van der Waals surface area contributed by atoms with Crippen LogP contribution in [0.4, 0.5) is 11.4 Å². The molecular weight excluding hydrogens is 378 g/mol. The van der Waals surface area contributed by atoms with Gasteiger partial charge in [0.1, 0.15) is 0 Å². The third kappa shape index (κ3) is 5.15. The quantitative estimate of drug-likeness (QED) is 0.588. The van der Waals surface area contributed by atoms with E-state index in [2.05, 4.69) is 64.1 Å². The first kappa shape index (κ1) is 20.7. The second-order valence-electron chi connectivity index (χ2n) is 8.08. The van der Waals surface area contributed by atoms with Crippen LogP contribution in [0.5, 0.6) is 0 Å². The molecule has 0 amide bonds. The predicted octanol–water partition coefficient (Wildman–Crippen LogP) is 4.64. The number of hydrogen-bond acceptors (Lipinski definition) is 5. The monoisotopic (exact) mass is 411 g/mol. The Bertz CT molecular complexity index is 804. The molecule has 5 heteroatoms. The molecule has 29 heavy (non-hydrogen) atoms. The van der Waals surface area contributed by atoms with E-state index in [4.69, 9.17) is 4.74 Å². The molecule has 0 unspecified atom stereocenters. The van der Waals surface area contributed by atoms with Crippen molar-refractivity contribution < 1.29 is 4.74 Å². The molecule has 156 valence electrons. The van der Waals surface area contributed by atoms with Crippen LogP contribution in [0.1, 0.15) is 18.4 Å². The maximum absolute atomic E-state index is 5.18. The van der Waals surface area contributed by atoms with Crippen LogP contribution < -0.4 is 4.90 Å². The third-order valence-corrected chi connectivity index (χ3v) is 7.06. The number of ether oxygens (including phenoxy) is 1. The van der Waals surface area contributed by atoms with Crippen molar-refractivity contribution in [3.05, 3.63) is 48.0 Å². The predicted molar refractivity (Wildman–Crippen MR) is 123 cm³/mol. The lowest BCUT2D eigenvalue weighted by Gasteiger charge is -2.36. The largest absolute Gasteiger partial charge is 0.385 e. The summed E-state index contributed by atoms with van der Waals surface area (Å²) < 4.78 is 5.18. The molecule has 2 aliphatic rings. The van der Waals surface area contributed by atoms with Gasteiger partial charge < -0.3 is 19.4 Å². The van der Waals surface area contributed by atoms with Gasteiger partial charge in [0, 0.05) is 62.8 Å². The lowest BCUT2D eigenvalue weighted by Crippen LogP contribution is -2.47. The van der Waals surface area contributed by atoms with Crippen LogP contribution in [0, 0.1) is 6.92 Å². The Kier molecular flexibility index (Phi) is 7.14. The Morgan fingerprint density at radius 1 is 0.828 bits per heavy atom. The Balaban J connectivity index is 1.33. The summed E-state index contributed by atoms with van der Waals surface area (Å²) in [4.78, 5) is 10.5. The molecule has 0 saturated carbocycles. The molecule has 2 aromatic carbocycles. The zero-order valence-corrected chi connectivity index (χ0v) is 18.6. The van der Waals surface area contributed by atoms with E-state index in [-0.39, 0.29) is 0 Å². The fraction of sp³-hybridized carbons (Fsp3) is 0.500. The Hall–Kier alpha value is -1.53. The van der Waals surface area contributed by atoms with E-state index in [1.54, 1.807) is 7.11 Å². The van der Waals surface area contributed by atoms with Gasteiger partial charge in [-0.1, -0.05) is 30.0 Å². The second kappa shape index (κ2) is 9.98. The van der Waals surface area contributed by atoms with Gasteiger partial charge in [0.15, 0.2) is 0 Å². The van der Waals surface area contributed by atoms with Crippen molar-refractivity contribution in [1.82, 2.24) is 9.80 Å². The maximum Gasteiger partial charge on any atom is 0.0555 e. The van der Waals surface area contributed by atoms with E-state index in [0.717, 1.165) is 19.6 Å². The van der Waals surface area contributed by atoms with Gasteiger partial charge in [-0.15, -0.1) is 0 Å². The van der Waals surface area contributed by atoms with Crippen LogP contribution in [0.25, 0.3) is 0 Å². The van der Waals surface area contributed by atoms with Crippen LogP contribution in [-0.4, -0.2) is 69.3 Å². The number of hydrogen-bond donors (Lipinski definition) is 0. The lowest BCUT2D eigenvalue weighted by molar-refractivity contribution is 0.116. The molecule has 0 bridgehead atoms. The van der Waals surface area contributed by atoms with Crippen molar-refractivity contribution in [2.45, 2.75) is 29.6 Å². The summed E-state index contributed by atoms with van der Waals surface area (Å²) in [5.74, 6) is 0. The molecule has 0 aliphatic carbocycles. The molecule has 4 rings (SSSR count). The van der Waals surface area contributed by atoms with Crippen molar-refractivity contribution in [2.75, 3.05) is 64.4 Å². The molecule has 2 aliphatic heterocycles. The smallest absolute Gasteiger partial charge is 0.0555 e. The van der Waals surface area contributed by atoms with E-state index >= 15 is 0 Å². The lowest BCUT2D eigenvalue weighted by atomic mass is 10.1. The van der Waals surface area contributed by atoms with Gasteiger partial charge in [0.25, 0.3) is 0 Å². The molecule has 0 aromatic heterocycles. The van der Waals surface area contributed by atoms with E-state index < -0.39 is 0 Å². The molecule has 0 atom stereocenters. The van der Waals surface area contributed by atoms with Crippen molar-refractivity contribution >= 4 is 23.1 Å². The summed E-state index contributed by atoms with van der Waals surface area (Å²) in [6.07, 6.45) is 2.33. The maximum atomic E-state index is 5.18. The molecule has 2 aromatic rings. The minimum absolute atomic E-state index is 0.872. The number of aryl methyl sites for hydroxylation is 1. The number of piperazine rings is 1. The van der Waals surface area contributed by atoms with Crippen LogP contribution in [0.3, 0.4) is 0 Å². The topological polar surface area (TPSA) is 19.0 Å². The van der Waals surface area contributed by atoms with Crippen molar-refractivity contribution in [2.24, 2.45) is 0 Å². The molecular formula is C24H33N3OS. The van der Waals surface area contributed by atoms with Gasteiger partial charge in [-0.3, -0.25) is 0 Å². The van der Waals surface area contributed by atoms with E-state index in [1.807, 2.05) is 11.8 Å². The van der Waals surface area contributed by atoms with Crippen molar-refractivity contribution in [3.8, 4) is 0 Å². The van der Waals surface area contributed by atoms with Gasteiger partial charge >= 0.3 is 0 Å². The molecule has 1 saturated heterocycles. The normalized spacial score (nSPS) is 17.2. The van der Waals surface area contributed by atoms with E-state index in [9.17, 15) is 0 Å². The minimum Gasteiger partial charge on any atom is -0.385 e. The number of nitrogens with zero attached hydrogens (tertiary/aromatic N) is 3. The van der Waals surface area contributed by atoms with E-state index in [0.29, 0.717) is 0 Å². The highest BCUT2D eigenvalue weighted by atomic mass is 32.2. The summed E-state index contributed by atoms with van der Waals surface area (Å²) in [6, 6.07) is 15.7. The molecule has 0 spiro atoms. The molecule has 0 N–H and O–H groups in total. The highest BCUT2D eigenvalue weighted by molar-refractivity contribution is 7.99. The SMILES string of the molecule is COCCCN1CCN(CCCN2c3ccccc3Sc3ccc(C)cc32)CC1. The van der Waals surface area contributed by atoms with Gasteiger partial charge in [-0.05, 0) is 56.1 Å². The van der Waals surface area contributed by atoms with Crippen molar-refractivity contribution in [3.63, 3.8) is 0 Å². The van der Waals surface area contributed by atoms with Gasteiger partial charge in [-0.25, -0.2) is 0 Å². The first-order chi connectivity index (χ1) is 14.2. The Morgan fingerprint density at radius 2 is 1.52 bits per heavy atom. The third-order valence-electron chi connectivity index (χ3n) is 5.92. The first-order valence-corrected chi connectivity index (χ1v) is 11.6. The number of para-hydroxylation sites is 1. The molecule has 1 fully saturated rings. The number of rotatable bonds is 8. The average molecular weight is 412 g/mol. The number of benzene rings is 2. The molecule has 0 radical (unpaired) electrons. The average Bonchev–Trinajstić information content (AvgIpc) is 2.75. The zero-order valence-electron chi connectivity index (χ0n) is 17.8. The van der Waals surface area contributed by atoms with Crippen LogP contribution in [0.15, 0.2) is 52.3 Å². The van der Waals surface area contributed by atoms with Crippen molar-refractivity contribution in [1.29, 1.82) is 0 Å². The fourth-order valence-corrected chi connectivity index (χ4v) is 5.38. The first-order valence-electron chi connectivity index (χ1n) is 10.8. The summed E-state index contributed by atoms with van der Waals surface area (Å²) >= 11 is 1.90. The zero-order chi connectivity index (χ0) is 20.1. The molecule has 4 nitrogen and oxygen atoms in total. The van der Waals surface area contributed by atoms with Gasteiger partial charge in [0.2, 0.25) is 0 Å². The number of anilines is 2. The highest BCUT2D eigenvalue weighted by Gasteiger charge is 2.23. The Labute approximate surface area is 179 Å². The summed E-state index contributed by atoms with van der Waals surface area (Å²) in [5.41, 5.74) is 4.06. The summed E-state index contributed by atoms with van der Waals surface area (Å²) in [6.45, 7) is 11.2. The summed E-state index contributed by atoms with van der Waals surface area (Å²) in [5, 5.41) is 0. The summed E-state index contributed by atoms with van der Waals surface area (Å²) in [7, 11) is 1.79. The molecule has 2 heterocycles. The Morgan fingerprint density at radius 3 is 2.28 bits per heavy atom. The standard InChI is InChI=1S/C24H33N3OS/c1-20-9-10-24-22(19-20)27(21-7-3-4-8-23(21)29-24)13-5-11-25-14-16-26(17-15-25)12-6-18-28-2/h3-4,7-10,19H,5-6,11-18H2,1-2H3.